The fourth-order valence-electron chi connectivity index (χ4n) is 0.989. The zero-order chi connectivity index (χ0) is 12.4. The summed E-state index contributed by atoms with van der Waals surface area (Å²) < 4.78 is 61.0. The maximum atomic E-state index is 12.2. The molecule has 0 saturated carbocycles. The molecule has 0 unspecified atom stereocenters. The van der Waals surface area contributed by atoms with Gasteiger partial charge < -0.3 is 0 Å². The number of benzene rings is 1. The van der Waals surface area contributed by atoms with Crippen LogP contribution in [0.25, 0.3) is 0 Å². The first kappa shape index (κ1) is 14.2. The molecule has 0 bridgehead atoms. The summed E-state index contributed by atoms with van der Waals surface area (Å²) in [5, 5.41) is 0. The number of halogens is 5. The fraction of sp³-hybridized carbons (Fsp3) is 0.333. The maximum Gasteiger partial charge on any atom is 0.310 e. The molecule has 0 fully saturated rings. The molecule has 0 nitrogen and oxygen atoms in total. The third-order valence-corrected chi connectivity index (χ3v) is 2.80. The van der Waals surface area contributed by atoms with Crippen molar-refractivity contribution in [1.82, 2.24) is 0 Å². The summed E-state index contributed by atoms with van der Waals surface area (Å²) in [4.78, 5) is -1.80. The van der Waals surface area contributed by atoms with Gasteiger partial charge in [-0.2, -0.15) is 0 Å². The highest BCUT2D eigenvalue weighted by Gasteiger charge is 2.65. The van der Waals surface area contributed by atoms with Crippen molar-refractivity contribution in [3.8, 4) is 0 Å². The van der Waals surface area contributed by atoms with Crippen LogP contribution in [-0.4, -0.2) is 0 Å². The van der Waals surface area contributed by atoms with Gasteiger partial charge in [0, 0.05) is 0 Å². The highest BCUT2D eigenvalue weighted by molar-refractivity contribution is 8.45. The zero-order valence-corrected chi connectivity index (χ0v) is 9.42. The van der Waals surface area contributed by atoms with Crippen molar-refractivity contribution in [3.63, 3.8) is 0 Å². The Morgan fingerprint density at radius 3 is 1.53 bits per heavy atom. The molecule has 1 aromatic rings. The molecular weight excluding hydrogens is 235 g/mol. The Labute approximate surface area is 85.8 Å². The molecule has 0 radical (unpaired) electrons. The van der Waals surface area contributed by atoms with E-state index in [1.54, 1.807) is 0 Å². The van der Waals surface area contributed by atoms with Crippen LogP contribution in [0, 0.1) is 6.92 Å². The van der Waals surface area contributed by atoms with Crippen LogP contribution in [0.2, 0.25) is 0 Å². The molecule has 0 N–H and O–H groups in total. The minimum absolute atomic E-state index is 0.400. The van der Waals surface area contributed by atoms with Crippen molar-refractivity contribution in [2.75, 3.05) is 0 Å². The number of hydrogen-bond donors (Lipinski definition) is 0. The predicted octanol–water partition coefficient (Wildman–Crippen LogP) is 5.68. The molecule has 0 aliphatic heterocycles. The van der Waals surface area contributed by atoms with Gasteiger partial charge in [-0.25, -0.2) is 0 Å². The summed E-state index contributed by atoms with van der Waals surface area (Å²) in [5.41, 5.74) is -0.457. The summed E-state index contributed by atoms with van der Waals surface area (Å²) in [6.45, 7) is 5.01. The van der Waals surface area contributed by atoms with Gasteiger partial charge in [-0.3, -0.25) is 0 Å². The average Bonchev–Trinajstić information content (AvgIpc) is 2.04. The molecule has 15 heavy (non-hydrogen) atoms. The Morgan fingerprint density at radius 2 is 1.27 bits per heavy atom. The Kier molecular flexibility index (Phi) is 3.19. The molecule has 0 atom stereocenters. The highest BCUT2D eigenvalue weighted by atomic mass is 32.5. The average molecular weight is 248 g/mol. The molecular formula is C9H13F5S. The number of rotatable bonds is 1. The predicted molar refractivity (Wildman–Crippen MR) is 53.9 cm³/mol. The third-order valence-electron chi connectivity index (χ3n) is 1.51. The lowest BCUT2D eigenvalue weighted by Gasteiger charge is -2.41. The van der Waals surface area contributed by atoms with Gasteiger partial charge in [0.2, 0.25) is 0 Å². The van der Waals surface area contributed by atoms with E-state index in [1.165, 1.54) is 6.07 Å². The van der Waals surface area contributed by atoms with Gasteiger partial charge in [0.15, 0.2) is 0 Å². The third kappa shape index (κ3) is 4.07. The van der Waals surface area contributed by atoms with E-state index in [0.717, 1.165) is 19.1 Å². The quantitative estimate of drug-likeness (QED) is 0.561. The minimum atomic E-state index is -9.48. The Balaban J connectivity index is 0.000000921. The summed E-state index contributed by atoms with van der Waals surface area (Å²) >= 11 is 0. The normalized spacial score (nSPS) is 15.7. The number of aryl methyl sites for hydroxylation is 1. The van der Waals surface area contributed by atoms with E-state index in [9.17, 15) is 19.4 Å². The first-order chi connectivity index (χ1) is 6.50. The highest BCUT2D eigenvalue weighted by Crippen LogP contribution is 3.02. The lowest BCUT2D eigenvalue weighted by Crippen LogP contribution is -2.07. The van der Waals surface area contributed by atoms with Gasteiger partial charge in [0.05, 0.1) is 0 Å². The molecule has 1 aromatic carbocycles. The maximum absolute atomic E-state index is 12.2. The van der Waals surface area contributed by atoms with Gasteiger partial charge in [-0.1, -0.05) is 51.5 Å². The SMILES string of the molecule is CC.Cc1ccccc1S(F)(F)(F)(F)F. The van der Waals surface area contributed by atoms with Crippen LogP contribution in [0.3, 0.4) is 0 Å². The Morgan fingerprint density at radius 1 is 0.867 bits per heavy atom. The molecule has 0 aliphatic rings. The second kappa shape index (κ2) is 3.37. The van der Waals surface area contributed by atoms with Gasteiger partial charge >= 0.3 is 10.2 Å². The second-order valence-corrected chi connectivity index (χ2v) is 5.11. The van der Waals surface area contributed by atoms with Gasteiger partial charge in [-0.05, 0) is 18.6 Å². The minimum Gasteiger partial charge on any atom is -0.0936 e. The van der Waals surface area contributed by atoms with Gasteiger partial charge in [-0.15, -0.1) is 0 Å². The van der Waals surface area contributed by atoms with E-state index in [1.807, 2.05) is 13.8 Å². The summed E-state index contributed by atoms with van der Waals surface area (Å²) in [7, 11) is -9.48. The smallest absolute Gasteiger partial charge is 0.0936 e. The van der Waals surface area contributed by atoms with Crippen LogP contribution in [0.4, 0.5) is 19.4 Å². The zero-order valence-electron chi connectivity index (χ0n) is 8.61. The number of hydrogen-bond acceptors (Lipinski definition) is 0. The summed E-state index contributed by atoms with van der Waals surface area (Å²) in [6.07, 6.45) is 0. The molecule has 0 amide bonds. The first-order valence-electron chi connectivity index (χ1n) is 4.30. The van der Waals surface area contributed by atoms with E-state index in [-0.39, 0.29) is 0 Å². The van der Waals surface area contributed by atoms with Gasteiger partial charge in [0.1, 0.15) is 4.90 Å². The largest absolute Gasteiger partial charge is 0.310 e. The van der Waals surface area contributed by atoms with Crippen molar-refractivity contribution in [2.24, 2.45) is 0 Å². The van der Waals surface area contributed by atoms with E-state index in [0.29, 0.717) is 6.07 Å². The van der Waals surface area contributed by atoms with Crippen molar-refractivity contribution >= 4 is 10.2 Å². The second-order valence-electron chi connectivity index (χ2n) is 2.73. The Bertz CT molecular complexity index is 340. The van der Waals surface area contributed by atoms with Crippen molar-refractivity contribution < 1.29 is 19.4 Å². The van der Waals surface area contributed by atoms with Crippen LogP contribution in [-0.2, 0) is 0 Å². The Hall–Kier alpha value is -0.780. The van der Waals surface area contributed by atoms with Gasteiger partial charge in [0.25, 0.3) is 0 Å². The summed E-state index contributed by atoms with van der Waals surface area (Å²) in [5.74, 6) is 0. The molecule has 1 rings (SSSR count). The molecule has 0 spiro atoms. The van der Waals surface area contributed by atoms with Crippen LogP contribution in [0.5, 0.6) is 0 Å². The van der Waals surface area contributed by atoms with E-state index in [4.69, 9.17) is 0 Å². The lowest BCUT2D eigenvalue weighted by molar-refractivity contribution is 0.363. The van der Waals surface area contributed by atoms with Crippen LogP contribution >= 0.6 is 10.2 Å². The fourth-order valence-corrected chi connectivity index (χ4v) is 2.00. The van der Waals surface area contributed by atoms with Crippen molar-refractivity contribution in [2.45, 2.75) is 25.7 Å². The topological polar surface area (TPSA) is 0 Å². The molecule has 0 aliphatic carbocycles. The van der Waals surface area contributed by atoms with Crippen LogP contribution in [0.1, 0.15) is 19.4 Å². The summed E-state index contributed by atoms with van der Waals surface area (Å²) in [6, 6.07) is 3.63. The lowest BCUT2D eigenvalue weighted by atomic mass is 10.2. The van der Waals surface area contributed by atoms with Crippen molar-refractivity contribution in [1.29, 1.82) is 0 Å². The molecule has 6 heteroatoms. The molecule has 0 aromatic heterocycles. The van der Waals surface area contributed by atoms with E-state index in [2.05, 4.69) is 0 Å². The van der Waals surface area contributed by atoms with E-state index < -0.39 is 20.7 Å². The first-order valence-corrected chi connectivity index (χ1v) is 6.25. The molecule has 0 heterocycles. The van der Waals surface area contributed by atoms with E-state index >= 15 is 0 Å². The van der Waals surface area contributed by atoms with Crippen LogP contribution in [0.15, 0.2) is 29.2 Å². The molecule has 0 saturated heterocycles. The standard InChI is InChI=1S/C7H7F5S.C2H6/c1-6-4-2-3-5-7(6)13(8,9,10,11)12;1-2/h2-5H,1H3;1-2H3. The van der Waals surface area contributed by atoms with Crippen LogP contribution < -0.4 is 0 Å². The molecule has 90 valence electrons. The monoisotopic (exact) mass is 248 g/mol. The van der Waals surface area contributed by atoms with Crippen molar-refractivity contribution in [3.05, 3.63) is 29.8 Å².